The zero-order valence-corrected chi connectivity index (χ0v) is 7.64. The van der Waals surface area contributed by atoms with Crippen molar-refractivity contribution in [2.24, 2.45) is 0 Å². The van der Waals surface area contributed by atoms with Crippen molar-refractivity contribution in [2.75, 3.05) is 12.3 Å². The third-order valence-electron chi connectivity index (χ3n) is 1.63. The van der Waals surface area contributed by atoms with Gasteiger partial charge in [-0.05, 0) is 6.07 Å². The van der Waals surface area contributed by atoms with Crippen LogP contribution in [0.25, 0.3) is 0 Å². The average Bonchev–Trinajstić information content (AvgIpc) is 2.10. The fourth-order valence-corrected chi connectivity index (χ4v) is 0.988. The molecule has 0 saturated carbocycles. The second-order valence-electron chi connectivity index (χ2n) is 2.93. The van der Waals surface area contributed by atoms with E-state index in [0.29, 0.717) is 0 Å². The fourth-order valence-electron chi connectivity index (χ4n) is 0.988. The maximum atomic E-state index is 13.1. The summed E-state index contributed by atoms with van der Waals surface area (Å²) in [6.45, 7) is -1.85. The van der Waals surface area contributed by atoms with Gasteiger partial charge in [-0.15, -0.1) is 0 Å². The first-order valence-corrected chi connectivity index (χ1v) is 4.07. The SMILES string of the molecule is Nc1cccc(COCC(F)(F)F)c1F. The van der Waals surface area contributed by atoms with Crippen LogP contribution in [0.1, 0.15) is 5.56 Å². The van der Waals surface area contributed by atoms with Crippen molar-refractivity contribution < 1.29 is 22.3 Å². The molecular formula is C9H9F4NO. The Morgan fingerprint density at radius 1 is 1.27 bits per heavy atom. The summed E-state index contributed by atoms with van der Waals surface area (Å²) in [5, 5.41) is 0. The van der Waals surface area contributed by atoms with E-state index in [0.717, 1.165) is 0 Å². The van der Waals surface area contributed by atoms with Crippen molar-refractivity contribution in [1.82, 2.24) is 0 Å². The van der Waals surface area contributed by atoms with Crippen LogP contribution in [0.2, 0.25) is 0 Å². The van der Waals surface area contributed by atoms with Gasteiger partial charge in [0.1, 0.15) is 6.61 Å². The van der Waals surface area contributed by atoms with E-state index in [1.54, 1.807) is 0 Å². The Labute approximate surface area is 83.6 Å². The molecule has 6 heteroatoms. The van der Waals surface area contributed by atoms with Crippen LogP contribution in [-0.4, -0.2) is 12.8 Å². The van der Waals surface area contributed by atoms with Crippen LogP contribution < -0.4 is 5.73 Å². The third kappa shape index (κ3) is 3.75. The number of rotatable bonds is 3. The minimum atomic E-state index is -4.41. The number of ether oxygens (including phenoxy) is 1. The first-order chi connectivity index (χ1) is 6.90. The molecule has 84 valence electrons. The molecule has 0 aliphatic heterocycles. The van der Waals surface area contributed by atoms with Gasteiger partial charge in [0.2, 0.25) is 0 Å². The summed E-state index contributed by atoms with van der Waals surface area (Å²) in [5.74, 6) is -0.736. The lowest BCUT2D eigenvalue weighted by atomic mass is 10.2. The molecule has 0 aromatic heterocycles. The minimum Gasteiger partial charge on any atom is -0.396 e. The number of benzene rings is 1. The van der Waals surface area contributed by atoms with E-state index in [-0.39, 0.29) is 11.3 Å². The van der Waals surface area contributed by atoms with E-state index in [2.05, 4.69) is 4.74 Å². The lowest BCUT2D eigenvalue weighted by molar-refractivity contribution is -0.176. The van der Waals surface area contributed by atoms with Gasteiger partial charge in [-0.25, -0.2) is 4.39 Å². The number of anilines is 1. The molecule has 0 unspecified atom stereocenters. The van der Waals surface area contributed by atoms with Gasteiger partial charge in [0, 0.05) is 5.56 Å². The van der Waals surface area contributed by atoms with Crippen LogP contribution in [0.4, 0.5) is 23.2 Å². The molecule has 2 nitrogen and oxygen atoms in total. The van der Waals surface area contributed by atoms with Crippen LogP contribution in [-0.2, 0) is 11.3 Å². The van der Waals surface area contributed by atoms with Crippen molar-refractivity contribution in [2.45, 2.75) is 12.8 Å². The summed E-state index contributed by atoms with van der Waals surface area (Å²) in [6.07, 6.45) is -4.41. The molecule has 0 atom stereocenters. The molecule has 0 aliphatic carbocycles. The van der Waals surface area contributed by atoms with Crippen LogP contribution in [0.15, 0.2) is 18.2 Å². The molecule has 0 radical (unpaired) electrons. The van der Waals surface area contributed by atoms with Crippen LogP contribution in [0.3, 0.4) is 0 Å². The summed E-state index contributed by atoms with van der Waals surface area (Å²) in [4.78, 5) is 0. The van der Waals surface area contributed by atoms with Crippen molar-refractivity contribution in [3.05, 3.63) is 29.6 Å². The summed E-state index contributed by atoms with van der Waals surface area (Å²) in [6, 6.07) is 4.09. The van der Waals surface area contributed by atoms with Crippen molar-refractivity contribution in [1.29, 1.82) is 0 Å². The lowest BCUT2D eigenvalue weighted by Crippen LogP contribution is -2.17. The highest BCUT2D eigenvalue weighted by Gasteiger charge is 2.27. The fraction of sp³-hybridized carbons (Fsp3) is 0.333. The number of hydrogen-bond acceptors (Lipinski definition) is 2. The van der Waals surface area contributed by atoms with Crippen LogP contribution >= 0.6 is 0 Å². The van der Waals surface area contributed by atoms with Crippen LogP contribution in [0.5, 0.6) is 0 Å². The Bertz CT molecular complexity index is 337. The molecule has 0 bridgehead atoms. The van der Waals surface area contributed by atoms with Gasteiger partial charge in [0.25, 0.3) is 0 Å². The summed E-state index contributed by atoms with van der Waals surface area (Å²) in [7, 11) is 0. The zero-order valence-electron chi connectivity index (χ0n) is 7.64. The standard InChI is InChI=1S/C9H9F4NO/c10-8-6(2-1-3-7(8)14)4-15-5-9(11,12)13/h1-3H,4-5,14H2. The average molecular weight is 223 g/mol. The van der Waals surface area contributed by atoms with Gasteiger partial charge in [-0.3, -0.25) is 0 Å². The first kappa shape index (κ1) is 11.8. The largest absolute Gasteiger partial charge is 0.411 e. The quantitative estimate of drug-likeness (QED) is 0.631. The first-order valence-electron chi connectivity index (χ1n) is 4.07. The minimum absolute atomic E-state index is 0.0132. The Morgan fingerprint density at radius 3 is 2.53 bits per heavy atom. The molecule has 15 heavy (non-hydrogen) atoms. The number of nitrogens with two attached hydrogens (primary N) is 1. The van der Waals surface area contributed by atoms with Crippen molar-refractivity contribution in [3.63, 3.8) is 0 Å². The molecule has 0 aliphatic rings. The maximum Gasteiger partial charge on any atom is 0.411 e. The van der Waals surface area contributed by atoms with Crippen molar-refractivity contribution in [3.8, 4) is 0 Å². The molecule has 1 rings (SSSR count). The predicted octanol–water partition coefficient (Wildman–Crippen LogP) is 2.49. The molecule has 1 aromatic rings. The smallest absolute Gasteiger partial charge is 0.396 e. The van der Waals surface area contributed by atoms with Gasteiger partial charge in [-0.1, -0.05) is 12.1 Å². The molecule has 2 N–H and O–H groups in total. The topological polar surface area (TPSA) is 35.2 Å². The zero-order chi connectivity index (χ0) is 11.5. The summed E-state index contributed by atoms with van der Waals surface area (Å²) in [5.41, 5.74) is 5.13. The normalized spacial score (nSPS) is 11.7. The van der Waals surface area contributed by atoms with Gasteiger partial charge < -0.3 is 10.5 Å². The molecule has 0 spiro atoms. The molecule has 1 aromatic carbocycles. The Hall–Kier alpha value is -1.30. The maximum absolute atomic E-state index is 13.1. The van der Waals surface area contributed by atoms with Crippen LogP contribution in [0, 0.1) is 5.82 Å². The van der Waals surface area contributed by atoms with Gasteiger partial charge >= 0.3 is 6.18 Å². The highest BCUT2D eigenvalue weighted by Crippen LogP contribution is 2.18. The van der Waals surface area contributed by atoms with Gasteiger partial charge in [-0.2, -0.15) is 13.2 Å². The second kappa shape index (κ2) is 4.48. The van der Waals surface area contributed by atoms with Gasteiger partial charge in [0.05, 0.1) is 12.3 Å². The van der Waals surface area contributed by atoms with Gasteiger partial charge in [0.15, 0.2) is 5.82 Å². The second-order valence-corrected chi connectivity index (χ2v) is 2.93. The molecule has 0 saturated heterocycles. The predicted molar refractivity (Wildman–Crippen MR) is 46.5 cm³/mol. The number of alkyl halides is 3. The molecule has 0 fully saturated rings. The third-order valence-corrected chi connectivity index (χ3v) is 1.63. The number of hydrogen-bond donors (Lipinski definition) is 1. The van der Waals surface area contributed by atoms with Crippen molar-refractivity contribution >= 4 is 5.69 Å². The number of nitrogen functional groups attached to an aromatic ring is 1. The van der Waals surface area contributed by atoms with E-state index in [4.69, 9.17) is 5.73 Å². The van der Waals surface area contributed by atoms with E-state index in [9.17, 15) is 17.6 Å². The Kier molecular flexibility index (Phi) is 3.52. The summed E-state index contributed by atoms with van der Waals surface area (Å²) >= 11 is 0. The monoisotopic (exact) mass is 223 g/mol. The molecule has 0 amide bonds. The van der Waals surface area contributed by atoms with E-state index < -0.39 is 25.2 Å². The van der Waals surface area contributed by atoms with E-state index in [1.807, 2.05) is 0 Å². The van der Waals surface area contributed by atoms with E-state index in [1.165, 1.54) is 18.2 Å². The van der Waals surface area contributed by atoms with E-state index >= 15 is 0 Å². The molecular weight excluding hydrogens is 214 g/mol. The Morgan fingerprint density at radius 2 is 1.93 bits per heavy atom. The lowest BCUT2D eigenvalue weighted by Gasteiger charge is -2.08. The summed E-state index contributed by atoms with van der Waals surface area (Å²) < 4.78 is 52.5. The highest BCUT2D eigenvalue weighted by atomic mass is 19.4. The Balaban J connectivity index is 2.55. The molecule has 0 heterocycles. The highest BCUT2D eigenvalue weighted by molar-refractivity contribution is 5.42. The number of halogens is 4.